The summed E-state index contributed by atoms with van der Waals surface area (Å²) < 4.78 is 13.7. The third-order valence-corrected chi connectivity index (χ3v) is 3.69. The van der Waals surface area contributed by atoms with E-state index in [9.17, 15) is 9.18 Å². The molecule has 2 rings (SSSR count). The smallest absolute Gasteiger partial charge is 0.251 e. The van der Waals surface area contributed by atoms with Gasteiger partial charge in [0, 0.05) is 11.1 Å². The maximum absolute atomic E-state index is 13.7. The van der Waals surface area contributed by atoms with Crippen molar-refractivity contribution >= 4 is 34.8 Å². The Morgan fingerprint density at radius 3 is 2.38 bits per heavy atom. The first-order valence-electron chi connectivity index (χ1n) is 6.20. The fourth-order valence-corrected chi connectivity index (χ4v) is 2.39. The Labute approximate surface area is 131 Å². The standard InChI is InChI=1S/C15H13Cl2FN2O/c1-8(10-4-2-3-5-13(10)18)20-15(21)9-6-11(16)14(19)12(17)7-9/h2-8H,19H2,1H3,(H,20,21). The summed E-state index contributed by atoms with van der Waals surface area (Å²) in [6.45, 7) is 1.69. The van der Waals surface area contributed by atoms with Gasteiger partial charge in [0.25, 0.3) is 5.91 Å². The van der Waals surface area contributed by atoms with Crippen molar-refractivity contribution in [2.24, 2.45) is 0 Å². The molecule has 21 heavy (non-hydrogen) atoms. The van der Waals surface area contributed by atoms with Crippen molar-refractivity contribution in [3.63, 3.8) is 0 Å². The number of halogens is 3. The second-order valence-electron chi connectivity index (χ2n) is 4.57. The fourth-order valence-electron chi connectivity index (χ4n) is 1.90. The SMILES string of the molecule is CC(NC(=O)c1cc(Cl)c(N)c(Cl)c1)c1ccccc1F. The molecule has 1 amide bonds. The topological polar surface area (TPSA) is 55.1 Å². The molecule has 1 atom stereocenters. The molecular weight excluding hydrogens is 314 g/mol. The minimum absolute atomic E-state index is 0.200. The lowest BCUT2D eigenvalue weighted by Gasteiger charge is -2.15. The number of carbonyl (C=O) groups is 1. The Kier molecular flexibility index (Phi) is 4.70. The van der Waals surface area contributed by atoms with Gasteiger partial charge in [-0.25, -0.2) is 4.39 Å². The maximum atomic E-state index is 13.7. The van der Waals surface area contributed by atoms with Crippen molar-refractivity contribution in [1.82, 2.24) is 5.32 Å². The van der Waals surface area contributed by atoms with E-state index in [0.29, 0.717) is 5.56 Å². The normalized spacial score (nSPS) is 12.0. The van der Waals surface area contributed by atoms with E-state index in [-0.39, 0.29) is 27.1 Å². The van der Waals surface area contributed by atoms with Gasteiger partial charge < -0.3 is 11.1 Å². The third kappa shape index (κ3) is 3.46. The zero-order chi connectivity index (χ0) is 15.6. The van der Waals surface area contributed by atoms with E-state index >= 15 is 0 Å². The summed E-state index contributed by atoms with van der Waals surface area (Å²) >= 11 is 11.8. The number of rotatable bonds is 3. The van der Waals surface area contributed by atoms with Crippen LogP contribution in [0.15, 0.2) is 36.4 Å². The molecule has 3 N–H and O–H groups in total. The van der Waals surface area contributed by atoms with E-state index < -0.39 is 11.9 Å². The second kappa shape index (κ2) is 6.33. The molecule has 0 aliphatic carbocycles. The maximum Gasteiger partial charge on any atom is 0.251 e. The Hall–Kier alpha value is -1.78. The zero-order valence-corrected chi connectivity index (χ0v) is 12.7. The molecule has 0 aromatic heterocycles. The first-order chi connectivity index (χ1) is 9.90. The zero-order valence-electron chi connectivity index (χ0n) is 11.2. The van der Waals surface area contributed by atoms with Crippen LogP contribution in [-0.2, 0) is 0 Å². The average molecular weight is 327 g/mol. The van der Waals surface area contributed by atoms with Gasteiger partial charge in [0.05, 0.1) is 21.8 Å². The molecule has 0 radical (unpaired) electrons. The third-order valence-electron chi connectivity index (χ3n) is 3.06. The van der Waals surface area contributed by atoms with Gasteiger partial charge in [-0.3, -0.25) is 4.79 Å². The summed E-state index contributed by atoms with van der Waals surface area (Å²) in [5.74, 6) is -0.784. The Morgan fingerprint density at radius 2 is 1.81 bits per heavy atom. The number of anilines is 1. The molecule has 110 valence electrons. The van der Waals surface area contributed by atoms with E-state index in [1.807, 2.05) is 0 Å². The molecule has 0 spiro atoms. The molecular formula is C15H13Cl2FN2O. The first-order valence-corrected chi connectivity index (χ1v) is 6.95. The molecule has 0 aliphatic heterocycles. The monoisotopic (exact) mass is 326 g/mol. The van der Waals surface area contributed by atoms with Gasteiger partial charge >= 0.3 is 0 Å². The number of amides is 1. The molecule has 3 nitrogen and oxygen atoms in total. The lowest BCUT2D eigenvalue weighted by atomic mass is 10.1. The van der Waals surface area contributed by atoms with Gasteiger partial charge in [-0.1, -0.05) is 41.4 Å². The number of nitrogens with one attached hydrogen (secondary N) is 1. The van der Waals surface area contributed by atoms with Crippen LogP contribution in [0.2, 0.25) is 10.0 Å². The van der Waals surface area contributed by atoms with Crippen LogP contribution in [0, 0.1) is 5.82 Å². The van der Waals surface area contributed by atoms with Crippen LogP contribution in [0.5, 0.6) is 0 Å². The predicted molar refractivity (Wildman–Crippen MR) is 83.2 cm³/mol. The highest BCUT2D eigenvalue weighted by molar-refractivity contribution is 6.39. The average Bonchev–Trinajstić information content (AvgIpc) is 2.44. The first kappa shape index (κ1) is 15.6. The number of hydrogen-bond acceptors (Lipinski definition) is 2. The van der Waals surface area contributed by atoms with Crippen molar-refractivity contribution in [2.75, 3.05) is 5.73 Å². The molecule has 1 unspecified atom stereocenters. The van der Waals surface area contributed by atoms with Crippen LogP contribution in [0.3, 0.4) is 0 Å². The molecule has 2 aromatic rings. The van der Waals surface area contributed by atoms with Crippen molar-refractivity contribution in [3.8, 4) is 0 Å². The number of carbonyl (C=O) groups excluding carboxylic acids is 1. The van der Waals surface area contributed by atoms with Crippen LogP contribution in [-0.4, -0.2) is 5.91 Å². The lowest BCUT2D eigenvalue weighted by molar-refractivity contribution is 0.0939. The summed E-state index contributed by atoms with van der Waals surface area (Å²) in [6, 6.07) is 8.61. The predicted octanol–water partition coefficient (Wildman–Crippen LogP) is 4.21. The van der Waals surface area contributed by atoms with Crippen LogP contribution in [0.25, 0.3) is 0 Å². The van der Waals surface area contributed by atoms with E-state index in [0.717, 1.165) is 0 Å². The molecule has 0 bridgehead atoms. The molecule has 0 heterocycles. The molecule has 6 heteroatoms. The Bertz CT molecular complexity index is 668. The minimum atomic E-state index is -0.492. The summed E-state index contributed by atoms with van der Waals surface area (Å²) in [4.78, 5) is 12.2. The van der Waals surface area contributed by atoms with Crippen molar-refractivity contribution in [2.45, 2.75) is 13.0 Å². The van der Waals surface area contributed by atoms with Crippen molar-refractivity contribution in [1.29, 1.82) is 0 Å². The van der Waals surface area contributed by atoms with E-state index in [2.05, 4.69) is 5.32 Å². The Morgan fingerprint density at radius 1 is 1.24 bits per heavy atom. The van der Waals surface area contributed by atoms with Gasteiger partial charge in [0.2, 0.25) is 0 Å². The quantitative estimate of drug-likeness (QED) is 0.830. The fraction of sp³-hybridized carbons (Fsp3) is 0.133. The number of nitrogens with two attached hydrogens (primary N) is 1. The van der Waals surface area contributed by atoms with Crippen LogP contribution in [0.4, 0.5) is 10.1 Å². The van der Waals surface area contributed by atoms with E-state index in [1.54, 1.807) is 25.1 Å². The lowest BCUT2D eigenvalue weighted by Crippen LogP contribution is -2.27. The number of nitrogen functional groups attached to an aromatic ring is 1. The second-order valence-corrected chi connectivity index (χ2v) is 5.38. The highest BCUT2D eigenvalue weighted by atomic mass is 35.5. The van der Waals surface area contributed by atoms with Gasteiger partial charge in [0.15, 0.2) is 0 Å². The number of hydrogen-bond donors (Lipinski definition) is 2. The van der Waals surface area contributed by atoms with Crippen molar-refractivity contribution in [3.05, 3.63) is 63.4 Å². The summed E-state index contributed by atoms with van der Waals surface area (Å²) in [5, 5.41) is 3.09. The van der Waals surface area contributed by atoms with E-state index in [1.165, 1.54) is 18.2 Å². The van der Waals surface area contributed by atoms with Crippen LogP contribution >= 0.6 is 23.2 Å². The Balaban J connectivity index is 2.20. The van der Waals surface area contributed by atoms with Gasteiger partial charge in [-0.05, 0) is 25.1 Å². The van der Waals surface area contributed by atoms with Gasteiger partial charge in [-0.2, -0.15) is 0 Å². The highest BCUT2D eigenvalue weighted by Crippen LogP contribution is 2.29. The molecule has 0 fully saturated rings. The molecule has 0 saturated heterocycles. The van der Waals surface area contributed by atoms with Gasteiger partial charge in [-0.15, -0.1) is 0 Å². The summed E-state index contributed by atoms with van der Waals surface area (Å²) in [6.07, 6.45) is 0. The van der Waals surface area contributed by atoms with Crippen molar-refractivity contribution < 1.29 is 9.18 Å². The van der Waals surface area contributed by atoms with Gasteiger partial charge in [0.1, 0.15) is 5.82 Å². The molecule has 0 saturated carbocycles. The molecule has 2 aromatic carbocycles. The van der Waals surface area contributed by atoms with Crippen LogP contribution in [0.1, 0.15) is 28.9 Å². The minimum Gasteiger partial charge on any atom is -0.396 e. The summed E-state index contributed by atoms with van der Waals surface area (Å²) in [5.41, 5.74) is 6.50. The summed E-state index contributed by atoms with van der Waals surface area (Å²) in [7, 11) is 0. The highest BCUT2D eigenvalue weighted by Gasteiger charge is 2.16. The van der Waals surface area contributed by atoms with E-state index in [4.69, 9.17) is 28.9 Å². The largest absolute Gasteiger partial charge is 0.396 e. The van der Waals surface area contributed by atoms with Crippen LogP contribution < -0.4 is 11.1 Å². The molecule has 0 aliphatic rings. The number of benzene rings is 2.